The van der Waals surface area contributed by atoms with E-state index in [2.05, 4.69) is 19.9 Å². The molecule has 3 heterocycles. The number of aliphatic hydroxyl groups is 1. The van der Waals surface area contributed by atoms with E-state index in [4.69, 9.17) is 4.74 Å². The molecule has 184 valence electrons. The number of methoxy groups -OCH3 is 1. The third-order valence-electron chi connectivity index (χ3n) is 6.15. The molecule has 0 fully saturated rings. The van der Waals surface area contributed by atoms with Gasteiger partial charge in [-0.3, -0.25) is 4.79 Å². The van der Waals surface area contributed by atoms with Crippen LogP contribution in [0.4, 0.5) is 13.2 Å². The lowest BCUT2D eigenvalue weighted by molar-refractivity contribution is -0.266. The molecule has 0 spiro atoms. The Balaban J connectivity index is 1.73. The van der Waals surface area contributed by atoms with Crippen LogP contribution in [0.1, 0.15) is 31.5 Å². The fraction of sp³-hybridized carbons (Fsp3) is 0.320. The van der Waals surface area contributed by atoms with Crippen molar-refractivity contribution in [1.82, 2.24) is 19.9 Å². The summed E-state index contributed by atoms with van der Waals surface area (Å²) in [5, 5.41) is 11.5. The maximum absolute atomic E-state index is 14.3. The third-order valence-corrected chi connectivity index (χ3v) is 6.15. The highest BCUT2D eigenvalue weighted by molar-refractivity contribution is 5.79. The van der Waals surface area contributed by atoms with Crippen molar-refractivity contribution in [2.75, 3.05) is 7.11 Å². The van der Waals surface area contributed by atoms with Crippen LogP contribution in [0.15, 0.2) is 60.0 Å². The van der Waals surface area contributed by atoms with Crippen molar-refractivity contribution in [3.8, 4) is 16.9 Å². The Bertz CT molecular complexity index is 1400. The first-order valence-electron chi connectivity index (χ1n) is 10.9. The van der Waals surface area contributed by atoms with Crippen molar-refractivity contribution < 1.29 is 23.0 Å². The van der Waals surface area contributed by atoms with E-state index >= 15 is 0 Å². The molecule has 0 aliphatic carbocycles. The maximum Gasteiger partial charge on any atom is 0.417 e. The molecular weight excluding hydrogens is 461 g/mol. The number of fused-ring (bicyclic) bond motifs is 1. The van der Waals surface area contributed by atoms with Crippen LogP contribution in [0.25, 0.3) is 22.0 Å². The SMILES string of the molecule is COc1ccc(-c2cncnc2)cc1C(C)(C)CC(O)(Cc1cc2cc(=O)[nH]cc2[nH]1)C(F)(F)F. The summed E-state index contributed by atoms with van der Waals surface area (Å²) in [4.78, 5) is 24.9. The number of benzene rings is 1. The molecule has 10 heteroatoms. The van der Waals surface area contributed by atoms with E-state index in [1.54, 1.807) is 44.4 Å². The van der Waals surface area contributed by atoms with E-state index < -0.39 is 30.0 Å². The zero-order valence-electron chi connectivity index (χ0n) is 19.4. The van der Waals surface area contributed by atoms with Gasteiger partial charge >= 0.3 is 6.18 Å². The second-order valence-corrected chi connectivity index (χ2v) is 9.27. The van der Waals surface area contributed by atoms with Gasteiger partial charge in [0.1, 0.15) is 12.1 Å². The summed E-state index contributed by atoms with van der Waals surface area (Å²) in [6.07, 6.45) is -0.269. The molecule has 3 N–H and O–H groups in total. The van der Waals surface area contributed by atoms with Gasteiger partial charge in [-0.2, -0.15) is 13.2 Å². The minimum atomic E-state index is -4.92. The summed E-state index contributed by atoms with van der Waals surface area (Å²) in [6.45, 7) is 3.27. The standard InChI is InChI=1S/C25H25F3N4O3/c1-23(2,19-7-15(4-5-21(19)35-3)17-10-29-14-30-11-17)13-24(34,25(26,27)28)9-18-6-16-8-22(33)31-12-20(16)32-18/h4-8,10-12,14,32,34H,9,13H2,1-3H3,(H,31,33). The number of alkyl halides is 3. The summed E-state index contributed by atoms with van der Waals surface area (Å²) in [6, 6.07) is 7.93. The van der Waals surface area contributed by atoms with Gasteiger partial charge in [0.05, 0.1) is 12.6 Å². The third kappa shape index (κ3) is 4.93. The molecule has 0 bridgehead atoms. The summed E-state index contributed by atoms with van der Waals surface area (Å²) in [5.41, 5.74) is -2.02. The molecule has 0 saturated carbocycles. The van der Waals surface area contributed by atoms with Crippen molar-refractivity contribution in [3.63, 3.8) is 0 Å². The molecule has 35 heavy (non-hydrogen) atoms. The van der Waals surface area contributed by atoms with Crippen molar-refractivity contribution in [2.45, 2.75) is 43.9 Å². The van der Waals surface area contributed by atoms with Crippen LogP contribution in [-0.2, 0) is 11.8 Å². The molecule has 1 unspecified atom stereocenters. The van der Waals surface area contributed by atoms with Gasteiger partial charge < -0.3 is 19.8 Å². The van der Waals surface area contributed by atoms with Crippen molar-refractivity contribution in [2.24, 2.45) is 0 Å². The first kappa shape index (κ1) is 24.5. The smallest absolute Gasteiger partial charge is 0.417 e. The number of aromatic nitrogens is 4. The molecular formula is C25H25F3N4O3. The lowest BCUT2D eigenvalue weighted by Gasteiger charge is -2.38. The maximum atomic E-state index is 14.3. The number of H-pyrrole nitrogens is 2. The predicted molar refractivity (Wildman–Crippen MR) is 125 cm³/mol. The van der Waals surface area contributed by atoms with E-state index in [1.165, 1.54) is 31.8 Å². The van der Waals surface area contributed by atoms with Crippen LogP contribution in [0.3, 0.4) is 0 Å². The number of halogens is 3. The molecule has 0 radical (unpaired) electrons. The van der Waals surface area contributed by atoms with Crippen molar-refractivity contribution in [1.29, 1.82) is 0 Å². The number of nitrogens with zero attached hydrogens (tertiary/aromatic N) is 2. The molecule has 1 atom stereocenters. The number of rotatable bonds is 7. The van der Waals surface area contributed by atoms with Gasteiger partial charge in [-0.15, -0.1) is 0 Å². The second kappa shape index (κ2) is 8.84. The molecule has 4 aromatic rings. The monoisotopic (exact) mass is 486 g/mol. The topological polar surface area (TPSA) is 104 Å². The normalized spacial score (nSPS) is 14.1. The van der Waals surface area contributed by atoms with Gasteiger partial charge in [-0.1, -0.05) is 19.9 Å². The molecule has 0 aliphatic rings. The largest absolute Gasteiger partial charge is 0.496 e. The van der Waals surface area contributed by atoms with E-state index in [9.17, 15) is 23.1 Å². The number of aromatic amines is 2. The van der Waals surface area contributed by atoms with Crippen LogP contribution < -0.4 is 10.3 Å². The highest BCUT2D eigenvalue weighted by atomic mass is 19.4. The molecule has 0 aliphatic heterocycles. The average molecular weight is 486 g/mol. The van der Waals surface area contributed by atoms with Crippen LogP contribution >= 0.6 is 0 Å². The fourth-order valence-electron chi connectivity index (χ4n) is 4.48. The van der Waals surface area contributed by atoms with Crippen LogP contribution in [0.5, 0.6) is 5.75 Å². The molecule has 3 aromatic heterocycles. The summed E-state index contributed by atoms with van der Waals surface area (Å²) >= 11 is 0. The van der Waals surface area contributed by atoms with Gasteiger partial charge in [0.15, 0.2) is 5.60 Å². The minimum absolute atomic E-state index is 0.164. The lowest BCUT2D eigenvalue weighted by atomic mass is 9.72. The van der Waals surface area contributed by atoms with Crippen molar-refractivity contribution in [3.05, 3.63) is 76.9 Å². The van der Waals surface area contributed by atoms with Gasteiger partial charge in [-0.25, -0.2) is 9.97 Å². The Kier molecular flexibility index (Phi) is 6.18. The van der Waals surface area contributed by atoms with Crippen molar-refractivity contribution >= 4 is 10.9 Å². The molecule has 0 saturated heterocycles. The highest BCUT2D eigenvalue weighted by Gasteiger charge is 2.56. The van der Waals surface area contributed by atoms with E-state index in [1.807, 2.05) is 0 Å². The minimum Gasteiger partial charge on any atom is -0.496 e. The van der Waals surface area contributed by atoms with Crippen LogP contribution in [0, 0.1) is 0 Å². The van der Waals surface area contributed by atoms with Gasteiger partial charge in [0.25, 0.3) is 0 Å². The van der Waals surface area contributed by atoms with E-state index in [0.717, 1.165) is 0 Å². The summed E-state index contributed by atoms with van der Waals surface area (Å²) in [7, 11) is 1.45. The fourth-order valence-corrected chi connectivity index (χ4v) is 4.48. The Morgan fingerprint density at radius 1 is 1.06 bits per heavy atom. The van der Waals surface area contributed by atoms with Gasteiger partial charge in [0.2, 0.25) is 5.56 Å². The first-order chi connectivity index (χ1) is 16.4. The van der Waals surface area contributed by atoms with Crippen LogP contribution in [-0.4, -0.2) is 43.9 Å². The Morgan fingerprint density at radius 3 is 2.43 bits per heavy atom. The Labute approximate surface area is 199 Å². The number of nitrogens with one attached hydrogen (secondary N) is 2. The Morgan fingerprint density at radius 2 is 1.77 bits per heavy atom. The average Bonchev–Trinajstić information content (AvgIpc) is 3.19. The van der Waals surface area contributed by atoms with E-state index in [0.29, 0.717) is 33.3 Å². The molecule has 0 amide bonds. The molecule has 4 rings (SSSR count). The summed E-state index contributed by atoms with van der Waals surface area (Å²) in [5.74, 6) is 0.407. The Hall–Kier alpha value is -3.66. The number of ether oxygens (including phenoxy) is 1. The lowest BCUT2D eigenvalue weighted by Crippen LogP contribution is -2.51. The zero-order chi connectivity index (χ0) is 25.4. The number of hydrogen-bond donors (Lipinski definition) is 3. The van der Waals surface area contributed by atoms with E-state index in [-0.39, 0.29) is 11.3 Å². The van der Waals surface area contributed by atoms with Gasteiger partial charge in [0, 0.05) is 53.3 Å². The predicted octanol–water partition coefficient (Wildman–Crippen LogP) is 4.53. The first-order valence-corrected chi connectivity index (χ1v) is 10.9. The molecule has 7 nitrogen and oxygen atoms in total. The van der Waals surface area contributed by atoms with Crippen LogP contribution in [0.2, 0.25) is 0 Å². The highest BCUT2D eigenvalue weighted by Crippen LogP contribution is 2.45. The van der Waals surface area contributed by atoms with Gasteiger partial charge in [-0.05, 0) is 35.6 Å². The molecule has 1 aromatic carbocycles. The zero-order valence-corrected chi connectivity index (χ0v) is 19.4. The second-order valence-electron chi connectivity index (χ2n) is 9.27. The summed E-state index contributed by atoms with van der Waals surface area (Å²) < 4.78 is 48.4. The number of hydrogen-bond acceptors (Lipinski definition) is 5. The quantitative estimate of drug-likeness (QED) is 0.356. The number of pyridine rings is 1.